The predicted octanol–water partition coefficient (Wildman–Crippen LogP) is 0.436. The van der Waals surface area contributed by atoms with Crippen molar-refractivity contribution >= 4 is 11.8 Å². The molecule has 0 radical (unpaired) electrons. The van der Waals surface area contributed by atoms with Gasteiger partial charge < -0.3 is 19.8 Å². The quantitative estimate of drug-likeness (QED) is 0.844. The summed E-state index contributed by atoms with van der Waals surface area (Å²) in [5.74, 6) is 1.76. The third-order valence-corrected chi connectivity index (χ3v) is 3.91. The van der Waals surface area contributed by atoms with Crippen LogP contribution in [0.25, 0.3) is 0 Å². The molecule has 0 unspecified atom stereocenters. The molecular formula is C14H25N5O. The van der Waals surface area contributed by atoms with Crippen LogP contribution in [-0.4, -0.2) is 73.4 Å². The first-order valence-corrected chi connectivity index (χ1v) is 7.18. The first-order valence-electron chi connectivity index (χ1n) is 7.18. The highest BCUT2D eigenvalue weighted by molar-refractivity contribution is 5.42. The lowest BCUT2D eigenvalue weighted by Gasteiger charge is -2.36. The van der Waals surface area contributed by atoms with Crippen LogP contribution in [0.3, 0.4) is 0 Å². The largest absolute Gasteiger partial charge is 0.395 e. The van der Waals surface area contributed by atoms with Gasteiger partial charge in [-0.1, -0.05) is 0 Å². The van der Waals surface area contributed by atoms with Gasteiger partial charge in [0.15, 0.2) is 0 Å². The number of aromatic nitrogens is 2. The van der Waals surface area contributed by atoms with E-state index < -0.39 is 0 Å². The van der Waals surface area contributed by atoms with Crippen LogP contribution in [0.2, 0.25) is 0 Å². The van der Waals surface area contributed by atoms with Gasteiger partial charge in [-0.2, -0.15) is 4.98 Å². The monoisotopic (exact) mass is 279 g/mol. The summed E-state index contributed by atoms with van der Waals surface area (Å²) in [6.07, 6.45) is 4.00. The van der Waals surface area contributed by atoms with Gasteiger partial charge in [0.1, 0.15) is 5.82 Å². The lowest BCUT2D eigenvalue weighted by molar-refractivity contribution is 0.161. The molecule has 0 aromatic carbocycles. The summed E-state index contributed by atoms with van der Waals surface area (Å²) < 4.78 is 0. The smallest absolute Gasteiger partial charge is 0.227 e. The molecule has 0 bridgehead atoms. The Morgan fingerprint density at radius 2 is 2.00 bits per heavy atom. The molecule has 1 aromatic rings. The van der Waals surface area contributed by atoms with Crippen molar-refractivity contribution in [1.29, 1.82) is 0 Å². The van der Waals surface area contributed by atoms with Gasteiger partial charge in [-0.25, -0.2) is 4.98 Å². The summed E-state index contributed by atoms with van der Waals surface area (Å²) in [6, 6.07) is 2.47. The van der Waals surface area contributed by atoms with E-state index in [1.807, 2.05) is 31.3 Å². The molecule has 1 aliphatic rings. The number of hydrogen-bond acceptors (Lipinski definition) is 6. The first kappa shape index (κ1) is 15.0. The second kappa shape index (κ2) is 6.85. The number of aliphatic hydroxyl groups is 1. The molecule has 0 spiro atoms. The zero-order chi connectivity index (χ0) is 14.5. The lowest BCUT2D eigenvalue weighted by atomic mass is 10.0. The van der Waals surface area contributed by atoms with Gasteiger partial charge in [0, 0.05) is 46.0 Å². The third kappa shape index (κ3) is 3.58. The van der Waals surface area contributed by atoms with E-state index in [1.165, 1.54) is 0 Å². The Kier molecular flexibility index (Phi) is 5.14. The lowest BCUT2D eigenvalue weighted by Crippen LogP contribution is -2.44. The molecule has 2 rings (SSSR count). The summed E-state index contributed by atoms with van der Waals surface area (Å²) in [4.78, 5) is 15.5. The van der Waals surface area contributed by atoms with Crippen LogP contribution < -0.4 is 9.80 Å². The van der Waals surface area contributed by atoms with E-state index in [1.54, 1.807) is 0 Å². The Labute approximate surface area is 121 Å². The summed E-state index contributed by atoms with van der Waals surface area (Å²) in [5, 5.41) is 9.00. The topological polar surface area (TPSA) is 55.7 Å². The fourth-order valence-corrected chi connectivity index (χ4v) is 2.59. The molecule has 0 amide bonds. The van der Waals surface area contributed by atoms with Crippen LogP contribution in [0.4, 0.5) is 11.8 Å². The highest BCUT2D eigenvalue weighted by atomic mass is 16.3. The van der Waals surface area contributed by atoms with E-state index in [2.05, 4.69) is 26.8 Å². The van der Waals surface area contributed by atoms with Gasteiger partial charge in [0.05, 0.1) is 6.61 Å². The zero-order valence-electron chi connectivity index (χ0n) is 12.7. The van der Waals surface area contributed by atoms with Gasteiger partial charge in [-0.3, -0.25) is 0 Å². The number of piperidine rings is 1. The molecule has 0 atom stereocenters. The van der Waals surface area contributed by atoms with E-state index in [9.17, 15) is 0 Å². The maximum Gasteiger partial charge on any atom is 0.227 e. The van der Waals surface area contributed by atoms with Crippen molar-refractivity contribution < 1.29 is 5.11 Å². The molecule has 20 heavy (non-hydrogen) atoms. The normalized spacial score (nSPS) is 16.8. The van der Waals surface area contributed by atoms with Crippen molar-refractivity contribution in [3.05, 3.63) is 12.3 Å². The van der Waals surface area contributed by atoms with Crippen molar-refractivity contribution in [3.63, 3.8) is 0 Å². The van der Waals surface area contributed by atoms with Gasteiger partial charge >= 0.3 is 0 Å². The average Bonchev–Trinajstić information content (AvgIpc) is 2.48. The molecule has 6 nitrogen and oxygen atoms in total. The van der Waals surface area contributed by atoms with Gasteiger partial charge in [0.2, 0.25) is 5.95 Å². The van der Waals surface area contributed by atoms with Crippen molar-refractivity contribution in [2.45, 2.75) is 18.9 Å². The standard InChI is InChI=1S/C14H25N5O/c1-17(2)13-4-7-15-14(16-13)19-8-5-12(6-9-19)18(3)10-11-20/h4,7,12,20H,5-6,8-11H2,1-3H3. The Balaban J connectivity index is 1.95. The van der Waals surface area contributed by atoms with E-state index in [0.717, 1.165) is 44.2 Å². The van der Waals surface area contributed by atoms with Gasteiger partial charge in [-0.15, -0.1) is 0 Å². The van der Waals surface area contributed by atoms with Crippen molar-refractivity contribution in [1.82, 2.24) is 14.9 Å². The summed E-state index contributed by atoms with van der Waals surface area (Å²) >= 11 is 0. The predicted molar refractivity (Wildman–Crippen MR) is 81.3 cm³/mol. The number of hydrogen-bond donors (Lipinski definition) is 1. The Morgan fingerprint density at radius 3 is 2.60 bits per heavy atom. The van der Waals surface area contributed by atoms with Crippen LogP contribution in [0.5, 0.6) is 0 Å². The SMILES string of the molecule is CN(C)c1ccnc(N2CCC(N(C)CCO)CC2)n1. The highest BCUT2D eigenvalue weighted by Crippen LogP contribution is 2.20. The van der Waals surface area contributed by atoms with E-state index in [-0.39, 0.29) is 6.61 Å². The van der Waals surface area contributed by atoms with Crippen LogP contribution in [0.1, 0.15) is 12.8 Å². The van der Waals surface area contributed by atoms with E-state index in [0.29, 0.717) is 6.04 Å². The fraction of sp³-hybridized carbons (Fsp3) is 0.714. The van der Waals surface area contributed by atoms with Crippen molar-refractivity contribution in [3.8, 4) is 0 Å². The Bertz CT molecular complexity index is 418. The number of anilines is 2. The van der Waals surface area contributed by atoms with Crippen molar-refractivity contribution in [2.75, 3.05) is 57.2 Å². The summed E-state index contributed by atoms with van der Waals surface area (Å²) in [7, 11) is 6.06. The Hall–Kier alpha value is -1.40. The molecule has 1 aliphatic heterocycles. The third-order valence-electron chi connectivity index (χ3n) is 3.91. The minimum Gasteiger partial charge on any atom is -0.395 e. The van der Waals surface area contributed by atoms with Crippen LogP contribution >= 0.6 is 0 Å². The fourth-order valence-electron chi connectivity index (χ4n) is 2.59. The Morgan fingerprint density at radius 1 is 1.30 bits per heavy atom. The number of likely N-dealkylation sites (N-methyl/N-ethyl adjacent to an activating group) is 1. The molecule has 1 saturated heterocycles. The second-order valence-electron chi connectivity index (χ2n) is 5.53. The summed E-state index contributed by atoms with van der Waals surface area (Å²) in [6.45, 7) is 2.91. The molecule has 0 saturated carbocycles. The maximum absolute atomic E-state index is 9.00. The van der Waals surface area contributed by atoms with Crippen LogP contribution in [0.15, 0.2) is 12.3 Å². The first-order chi connectivity index (χ1) is 9.61. The van der Waals surface area contributed by atoms with Crippen molar-refractivity contribution in [2.24, 2.45) is 0 Å². The maximum atomic E-state index is 9.00. The molecule has 1 aromatic heterocycles. The molecule has 6 heteroatoms. The minimum atomic E-state index is 0.227. The van der Waals surface area contributed by atoms with E-state index >= 15 is 0 Å². The second-order valence-corrected chi connectivity index (χ2v) is 5.53. The van der Waals surface area contributed by atoms with Crippen LogP contribution in [0, 0.1) is 0 Å². The zero-order valence-corrected chi connectivity index (χ0v) is 12.7. The molecule has 1 N–H and O–H groups in total. The van der Waals surface area contributed by atoms with Gasteiger partial charge in [-0.05, 0) is 26.0 Å². The molecule has 0 aliphatic carbocycles. The van der Waals surface area contributed by atoms with Crippen LogP contribution in [-0.2, 0) is 0 Å². The number of rotatable bonds is 5. The average molecular weight is 279 g/mol. The molecule has 2 heterocycles. The van der Waals surface area contributed by atoms with E-state index in [4.69, 9.17) is 5.11 Å². The molecule has 1 fully saturated rings. The molecular weight excluding hydrogens is 254 g/mol. The highest BCUT2D eigenvalue weighted by Gasteiger charge is 2.23. The van der Waals surface area contributed by atoms with Gasteiger partial charge in [0.25, 0.3) is 0 Å². The minimum absolute atomic E-state index is 0.227. The number of aliphatic hydroxyl groups excluding tert-OH is 1. The summed E-state index contributed by atoms with van der Waals surface area (Å²) in [5.41, 5.74) is 0. The molecule has 112 valence electrons. The number of nitrogens with zero attached hydrogens (tertiary/aromatic N) is 5.